The van der Waals surface area contributed by atoms with Gasteiger partial charge in [0.05, 0.1) is 6.10 Å². The molecule has 2 heterocycles. The lowest BCUT2D eigenvalue weighted by Gasteiger charge is -2.36. The van der Waals surface area contributed by atoms with Gasteiger partial charge in [-0.05, 0) is 49.9 Å². The van der Waals surface area contributed by atoms with Crippen molar-refractivity contribution in [3.63, 3.8) is 0 Å². The van der Waals surface area contributed by atoms with Crippen molar-refractivity contribution in [2.45, 2.75) is 38.8 Å². The van der Waals surface area contributed by atoms with Crippen molar-refractivity contribution < 1.29 is 10.2 Å². The number of likely N-dealkylation sites (tertiary alicyclic amines) is 1. The highest BCUT2D eigenvalue weighted by Gasteiger charge is 2.30. The molecular formula is C18H23NO2S. The largest absolute Gasteiger partial charge is 0.508 e. The number of hydrogen-bond donors (Lipinski definition) is 2. The summed E-state index contributed by atoms with van der Waals surface area (Å²) in [5.74, 6) is 0.596. The Hall–Kier alpha value is -1.36. The smallest absolute Gasteiger partial charge is 0.120 e. The molecule has 2 N–H and O–H groups in total. The van der Waals surface area contributed by atoms with Gasteiger partial charge in [-0.25, -0.2) is 0 Å². The first kappa shape index (κ1) is 15.5. The lowest BCUT2D eigenvalue weighted by atomic mass is 9.90. The summed E-state index contributed by atoms with van der Waals surface area (Å²) in [6, 6.07) is 7.82. The second kappa shape index (κ2) is 6.41. The van der Waals surface area contributed by atoms with Crippen LogP contribution in [0.3, 0.4) is 0 Å². The fourth-order valence-electron chi connectivity index (χ4n) is 3.29. The lowest BCUT2D eigenvalue weighted by Crippen LogP contribution is -2.42. The van der Waals surface area contributed by atoms with Crippen molar-refractivity contribution in [1.82, 2.24) is 4.90 Å². The van der Waals surface area contributed by atoms with Crippen LogP contribution in [0.25, 0.3) is 0 Å². The van der Waals surface area contributed by atoms with Crippen molar-refractivity contribution in [3.8, 4) is 5.75 Å². The second-order valence-corrected chi connectivity index (χ2v) is 7.25. The van der Waals surface area contributed by atoms with Gasteiger partial charge in [0.15, 0.2) is 0 Å². The molecule has 1 aliphatic rings. The van der Waals surface area contributed by atoms with E-state index in [4.69, 9.17) is 0 Å². The minimum atomic E-state index is -0.335. The standard InChI is InChI=1S/C18H23NO2S/c1-12-3-4-16(20)14(9-12)10-19-7-5-15(17(21)11-19)18-13(2)6-8-22-18/h3-4,6,8-9,15,17,20-21H,5,7,10-11H2,1-2H3/t15-,17-/m1/s1. The Bertz CT molecular complexity index is 652. The summed E-state index contributed by atoms with van der Waals surface area (Å²) in [7, 11) is 0. The summed E-state index contributed by atoms with van der Waals surface area (Å²) >= 11 is 1.75. The number of thiophene rings is 1. The first-order valence-electron chi connectivity index (χ1n) is 7.77. The molecule has 3 nitrogen and oxygen atoms in total. The molecule has 0 unspecified atom stereocenters. The number of aliphatic hydroxyl groups excluding tert-OH is 1. The van der Waals surface area contributed by atoms with Crippen LogP contribution in [0.2, 0.25) is 0 Å². The second-order valence-electron chi connectivity index (χ2n) is 6.30. The summed E-state index contributed by atoms with van der Waals surface area (Å²) in [5.41, 5.74) is 3.38. The van der Waals surface area contributed by atoms with Crippen LogP contribution >= 0.6 is 11.3 Å². The molecular weight excluding hydrogens is 294 g/mol. The van der Waals surface area contributed by atoms with Gasteiger partial charge >= 0.3 is 0 Å². The predicted octanol–water partition coefficient (Wildman–Crippen LogP) is 3.42. The van der Waals surface area contributed by atoms with E-state index in [1.807, 2.05) is 19.1 Å². The Morgan fingerprint density at radius 1 is 1.27 bits per heavy atom. The van der Waals surface area contributed by atoms with Crippen molar-refractivity contribution in [3.05, 3.63) is 51.2 Å². The molecule has 3 rings (SSSR count). The zero-order valence-corrected chi connectivity index (χ0v) is 13.9. The first-order chi connectivity index (χ1) is 10.5. The van der Waals surface area contributed by atoms with Gasteiger partial charge in [0.2, 0.25) is 0 Å². The van der Waals surface area contributed by atoms with Crippen molar-refractivity contribution in [2.75, 3.05) is 13.1 Å². The molecule has 0 saturated carbocycles. The predicted molar refractivity (Wildman–Crippen MR) is 90.5 cm³/mol. The van der Waals surface area contributed by atoms with E-state index in [1.165, 1.54) is 10.4 Å². The highest BCUT2D eigenvalue weighted by Crippen LogP contribution is 2.34. The topological polar surface area (TPSA) is 43.7 Å². The average molecular weight is 317 g/mol. The monoisotopic (exact) mass is 317 g/mol. The van der Waals surface area contributed by atoms with Crippen LogP contribution in [0.15, 0.2) is 29.6 Å². The van der Waals surface area contributed by atoms with Gasteiger partial charge in [-0.2, -0.15) is 0 Å². The van der Waals surface area contributed by atoms with Gasteiger partial charge < -0.3 is 10.2 Å². The maximum atomic E-state index is 10.5. The fraction of sp³-hybridized carbons (Fsp3) is 0.444. The van der Waals surface area contributed by atoms with Crippen LogP contribution in [0.4, 0.5) is 0 Å². The van der Waals surface area contributed by atoms with E-state index in [-0.39, 0.29) is 12.0 Å². The molecule has 2 aromatic rings. The number of rotatable bonds is 3. The molecule has 0 aliphatic carbocycles. The quantitative estimate of drug-likeness (QED) is 0.911. The molecule has 118 valence electrons. The molecule has 0 radical (unpaired) electrons. The molecule has 1 aromatic carbocycles. The Morgan fingerprint density at radius 2 is 2.09 bits per heavy atom. The van der Waals surface area contributed by atoms with Crippen LogP contribution in [-0.2, 0) is 6.54 Å². The number of aliphatic hydroxyl groups is 1. The van der Waals surface area contributed by atoms with Crippen LogP contribution in [0, 0.1) is 13.8 Å². The van der Waals surface area contributed by atoms with Gasteiger partial charge in [-0.15, -0.1) is 11.3 Å². The molecule has 0 spiro atoms. The minimum Gasteiger partial charge on any atom is -0.508 e. The maximum absolute atomic E-state index is 10.5. The SMILES string of the molecule is Cc1ccc(O)c(CN2CC[C@@H](c3sccc3C)[C@H](O)C2)c1. The fourth-order valence-corrected chi connectivity index (χ4v) is 4.42. The van der Waals surface area contributed by atoms with Crippen molar-refractivity contribution in [2.24, 2.45) is 0 Å². The molecule has 1 aliphatic heterocycles. The van der Waals surface area contributed by atoms with Gasteiger partial charge in [-0.1, -0.05) is 17.7 Å². The van der Waals surface area contributed by atoms with E-state index in [0.29, 0.717) is 18.8 Å². The minimum absolute atomic E-state index is 0.252. The third-order valence-corrected chi connectivity index (χ3v) is 5.68. The highest BCUT2D eigenvalue weighted by molar-refractivity contribution is 7.10. The lowest BCUT2D eigenvalue weighted by molar-refractivity contribution is 0.0482. The van der Waals surface area contributed by atoms with E-state index in [1.54, 1.807) is 17.4 Å². The average Bonchev–Trinajstić information content (AvgIpc) is 2.89. The number of piperidine rings is 1. The number of nitrogens with zero attached hydrogens (tertiary/aromatic N) is 1. The third kappa shape index (κ3) is 3.19. The molecule has 1 saturated heterocycles. The Labute approximate surface area is 135 Å². The van der Waals surface area contributed by atoms with Crippen LogP contribution in [0.5, 0.6) is 5.75 Å². The van der Waals surface area contributed by atoms with E-state index >= 15 is 0 Å². The number of benzene rings is 1. The summed E-state index contributed by atoms with van der Waals surface area (Å²) in [6.45, 7) is 6.46. The van der Waals surface area contributed by atoms with Crippen LogP contribution in [0.1, 0.15) is 33.9 Å². The molecule has 4 heteroatoms. The number of hydrogen-bond acceptors (Lipinski definition) is 4. The maximum Gasteiger partial charge on any atom is 0.120 e. The Morgan fingerprint density at radius 3 is 2.77 bits per heavy atom. The van der Waals surface area contributed by atoms with Crippen LogP contribution < -0.4 is 0 Å². The van der Waals surface area contributed by atoms with Gasteiger partial charge in [0, 0.05) is 29.4 Å². The third-order valence-electron chi connectivity index (χ3n) is 4.53. The zero-order valence-electron chi connectivity index (χ0n) is 13.1. The zero-order chi connectivity index (χ0) is 15.7. The van der Waals surface area contributed by atoms with Crippen LogP contribution in [-0.4, -0.2) is 34.3 Å². The summed E-state index contributed by atoms with van der Waals surface area (Å²) in [6.07, 6.45) is 0.632. The van der Waals surface area contributed by atoms with E-state index in [0.717, 1.165) is 24.1 Å². The number of aryl methyl sites for hydroxylation is 2. The van der Waals surface area contributed by atoms with Gasteiger partial charge in [0.25, 0.3) is 0 Å². The molecule has 2 atom stereocenters. The van der Waals surface area contributed by atoms with E-state index in [9.17, 15) is 10.2 Å². The van der Waals surface area contributed by atoms with Crippen molar-refractivity contribution in [1.29, 1.82) is 0 Å². The van der Waals surface area contributed by atoms with E-state index < -0.39 is 0 Å². The molecule has 22 heavy (non-hydrogen) atoms. The normalized spacial score (nSPS) is 22.9. The number of phenolic OH excluding ortho intramolecular Hbond substituents is 1. The number of β-amino-alcohol motifs (C(OH)–C–C–N with tert-alkyl or cyclic N) is 1. The van der Waals surface area contributed by atoms with E-state index in [2.05, 4.69) is 23.3 Å². The summed E-state index contributed by atoms with van der Waals surface area (Å²) in [4.78, 5) is 3.56. The number of phenols is 1. The Kier molecular flexibility index (Phi) is 4.52. The highest BCUT2D eigenvalue weighted by atomic mass is 32.1. The summed E-state index contributed by atoms with van der Waals surface area (Å²) < 4.78 is 0. The van der Waals surface area contributed by atoms with Gasteiger partial charge in [-0.3, -0.25) is 4.90 Å². The number of aromatic hydroxyl groups is 1. The van der Waals surface area contributed by atoms with Crippen molar-refractivity contribution >= 4 is 11.3 Å². The molecule has 1 aromatic heterocycles. The molecule has 0 bridgehead atoms. The van der Waals surface area contributed by atoms with Gasteiger partial charge in [0.1, 0.15) is 5.75 Å². The first-order valence-corrected chi connectivity index (χ1v) is 8.65. The molecule has 0 amide bonds. The Balaban J connectivity index is 1.68. The summed E-state index contributed by atoms with van der Waals surface area (Å²) in [5, 5.41) is 22.6. The molecule has 1 fully saturated rings.